The van der Waals surface area contributed by atoms with Crippen LogP contribution in [0.25, 0.3) is 0 Å². The lowest BCUT2D eigenvalue weighted by Crippen LogP contribution is -2.61. The second-order valence-electron chi connectivity index (χ2n) is 55.8. The lowest BCUT2D eigenvalue weighted by molar-refractivity contribution is -0.193. The molecule has 0 radical (unpaired) electrons. The van der Waals surface area contributed by atoms with E-state index in [9.17, 15) is 0 Å². The summed E-state index contributed by atoms with van der Waals surface area (Å²) in [6.45, 7) is 164. The predicted molar refractivity (Wildman–Crippen MR) is 588 cm³/mol. The Morgan fingerprint density at radius 2 is 0.402 bits per heavy atom. The average molecular weight is 1800 g/mol. The fourth-order valence-corrected chi connectivity index (χ4v) is 26.9. The molecule has 0 nitrogen and oxygen atoms in total. The molecule has 0 heteroatoms. The van der Waals surface area contributed by atoms with Gasteiger partial charge in [0.1, 0.15) is 0 Å². The van der Waals surface area contributed by atoms with E-state index in [1.807, 2.05) is 13.8 Å². The third-order valence-electron chi connectivity index (χ3n) is 49.5. The molecule has 9 aliphatic rings. The van der Waals surface area contributed by atoms with Gasteiger partial charge in [-0.25, -0.2) is 0 Å². The molecule has 0 aliphatic heterocycles. The number of rotatable bonds is 0. The molecule has 3 aromatic rings. The lowest BCUT2D eigenvalue weighted by atomic mass is 9.37. The minimum absolute atomic E-state index is 0.0399. The van der Waals surface area contributed by atoms with Crippen molar-refractivity contribution in [3.63, 3.8) is 0 Å². The van der Waals surface area contributed by atoms with Crippen molar-refractivity contribution in [3.8, 4) is 47.4 Å². The highest BCUT2D eigenvalue weighted by Gasteiger charge is 2.89. The normalized spacial score (nSPS) is 28.4. The molecule has 2 unspecified atom stereocenters. The van der Waals surface area contributed by atoms with Gasteiger partial charge in [-0.2, -0.15) is 0 Å². The van der Waals surface area contributed by atoms with Crippen molar-refractivity contribution < 1.29 is 0 Å². The number of benzene rings is 1. The molecule has 2 atom stereocenters. The van der Waals surface area contributed by atoms with Crippen LogP contribution in [0.15, 0.2) is 55.7 Å². The Bertz CT molecular complexity index is 4890. The molecule has 738 valence electrons. The van der Waals surface area contributed by atoms with Gasteiger partial charge in [0.2, 0.25) is 0 Å². The van der Waals surface area contributed by atoms with Crippen molar-refractivity contribution >= 4 is 0 Å². The van der Waals surface area contributed by atoms with Gasteiger partial charge < -0.3 is 0 Å². The van der Waals surface area contributed by atoms with Crippen LogP contribution in [0.1, 0.15) is 468 Å². The van der Waals surface area contributed by atoms with E-state index in [-0.39, 0.29) is 65.0 Å². The van der Waals surface area contributed by atoms with E-state index in [2.05, 4.69) is 555 Å². The first kappa shape index (κ1) is 120. The van der Waals surface area contributed by atoms with Gasteiger partial charge in [-0.15, -0.1) is 0 Å². The maximum Gasteiger partial charge on any atom is 0.0428 e. The summed E-state index contributed by atoms with van der Waals surface area (Å²) in [5.74, 6) is 25.3. The lowest BCUT2D eigenvalue weighted by Gasteiger charge is -2.67. The topological polar surface area (TPSA) is 0 Å². The quantitative estimate of drug-likeness (QED) is 0.155. The van der Waals surface area contributed by atoms with Crippen molar-refractivity contribution in [2.24, 2.45) is 141 Å². The van der Waals surface area contributed by atoms with Gasteiger partial charge in [-0.1, -0.05) is 362 Å². The molecule has 3 aromatic carbocycles. The SMILES string of the molecule is CC1(C)C#CC#CC1(C)C.CC1(C)C#CC(C)(C)C(C)(C)C1(C)C.CC1(C)C(C)(C)C2(C)C(C)(C)C(C)(C)C1(C)C2(C)C.CC1=C(C)C(C)(C)C(C)(C)C#C1.CC1=C(C)C(C)(C)C(C)(C)C(C)(C)C1(C)C.CC1=C(C)C(C)(C)C(C)(C)C(C)=C1C.CC1=C(C)C2(C)C(C)(C)C(C)(C)C1(C)C2(C)C.Cc1c#cc#cc1C.Cc1c#cc(C)c(C)c1C.Cc1c(C)c(C)c(C)c(C)c1C. The first-order valence-electron chi connectivity index (χ1n) is 51.0. The van der Waals surface area contributed by atoms with Gasteiger partial charge in [0.15, 0.2) is 0 Å². The van der Waals surface area contributed by atoms with Crippen molar-refractivity contribution in [2.45, 2.75) is 485 Å². The summed E-state index contributed by atoms with van der Waals surface area (Å²) in [6.07, 6.45) is 0. The van der Waals surface area contributed by atoms with Gasteiger partial charge >= 0.3 is 0 Å². The molecule has 0 saturated heterocycles. The molecular weight excluding hydrogens is 1590 g/mol. The molecule has 0 amide bonds. The highest BCUT2D eigenvalue weighted by Crippen LogP contribution is 2.94. The standard InChI is InChI=1S/C19H36.C17H30.C16H30.2C14H24.2C12H18.2C10H12.C8H6/c1-13(2)14(3,4)19(12)16(7,8)15(5,6)18(13,11)17(19,9)10;1-11-12(2)17(10)14(5,6)13(3,4)16(11,9)15(17,7)8;1-11-12(2)14(5,6)16(9,10)15(7,8)13(11,3)4;1-11(2)9-10-12(3,4)14(7,8)13(11,5)6;1-9-10(2)12(4)14(7,8)13(5,6)11(9)3;1-9-7-8-11(3,4)12(5,6)10(9)2;1-7-8(2)10(4)12(6)11(5)9(7)3;1-9(2)7-5-6-8-10(9,3)4;1-7-5-6-8(2)10(4)9(7)3;1-7-5-3-4-6-8(7)2/h1-12H3;1-10H3;1-10H3;2*1-8H3;2*1-6H3;2*1-4H3;1-2H3. The average Bonchev–Trinajstić information content (AvgIpc) is 1.42. The third-order valence-corrected chi connectivity index (χ3v) is 49.5. The Balaban J connectivity index is 0.000000381. The van der Waals surface area contributed by atoms with Crippen LogP contribution in [0.5, 0.6) is 0 Å². The molecule has 3 saturated carbocycles. The van der Waals surface area contributed by atoms with Gasteiger partial charge in [0.05, 0.1) is 0 Å². The molecule has 3 fully saturated rings. The van der Waals surface area contributed by atoms with Crippen molar-refractivity contribution in [1.29, 1.82) is 0 Å². The van der Waals surface area contributed by atoms with Gasteiger partial charge in [-0.05, 0) is 415 Å². The zero-order chi connectivity index (χ0) is 106. The summed E-state index contributed by atoms with van der Waals surface area (Å²) >= 11 is 0. The number of hydrogen-bond donors (Lipinski definition) is 0. The molecular formula is C132H210. The molecule has 132 heavy (non-hydrogen) atoms. The number of fused-ring (bicyclic) bond motifs is 4. The zero-order valence-corrected chi connectivity index (χ0v) is 101. The largest absolute Gasteiger partial charge is 0.0959 e. The Kier molecular flexibility index (Phi) is 33.1. The van der Waals surface area contributed by atoms with E-state index in [1.165, 1.54) is 77.9 Å². The summed E-state index contributed by atoms with van der Waals surface area (Å²) in [6, 6.07) is 17.3. The Labute approximate surface area is 826 Å². The van der Waals surface area contributed by atoms with Crippen LogP contribution in [0.3, 0.4) is 0 Å². The molecule has 0 heterocycles. The number of allylic oxidation sites excluding steroid dienone is 10. The van der Waals surface area contributed by atoms with Crippen LogP contribution in [-0.4, -0.2) is 0 Å². The van der Waals surface area contributed by atoms with E-state index in [4.69, 9.17) is 0 Å². The second kappa shape index (κ2) is 36.4. The molecule has 9 aliphatic carbocycles. The van der Waals surface area contributed by atoms with Crippen molar-refractivity contribution in [1.82, 2.24) is 0 Å². The Morgan fingerprint density at radius 3 is 0.606 bits per heavy atom. The van der Waals surface area contributed by atoms with Crippen molar-refractivity contribution in [2.75, 3.05) is 0 Å². The van der Waals surface area contributed by atoms with E-state index >= 15 is 0 Å². The van der Waals surface area contributed by atoms with Crippen LogP contribution in [0, 0.1) is 308 Å². The van der Waals surface area contributed by atoms with Crippen molar-refractivity contribution in [3.05, 3.63) is 159 Å². The molecule has 4 bridgehead atoms. The van der Waals surface area contributed by atoms with Crippen LogP contribution in [-0.2, 0) is 0 Å². The highest BCUT2D eigenvalue weighted by molar-refractivity contribution is 5.51. The summed E-state index contributed by atoms with van der Waals surface area (Å²) in [7, 11) is 0. The van der Waals surface area contributed by atoms with Gasteiger partial charge in [0, 0.05) is 54.7 Å². The summed E-state index contributed by atoms with van der Waals surface area (Å²) < 4.78 is 0. The molecule has 12 rings (SSSR count). The first-order valence-corrected chi connectivity index (χ1v) is 51.0. The molecule has 0 spiro atoms. The summed E-state index contributed by atoms with van der Waals surface area (Å²) in [4.78, 5) is 0. The van der Waals surface area contributed by atoms with Gasteiger partial charge in [-0.3, -0.25) is 0 Å². The maximum absolute atomic E-state index is 3.44. The van der Waals surface area contributed by atoms with E-state index < -0.39 is 0 Å². The smallest absolute Gasteiger partial charge is 0.0428 e. The third kappa shape index (κ3) is 17.0. The van der Waals surface area contributed by atoms with Gasteiger partial charge in [0.25, 0.3) is 0 Å². The fraction of sp³-hybridized carbons (Fsp3) is 0.727. The molecule has 0 N–H and O–H groups in total. The van der Waals surface area contributed by atoms with Crippen LogP contribution in [0.4, 0.5) is 0 Å². The molecule has 0 aromatic heterocycles. The summed E-state index contributed by atoms with van der Waals surface area (Å²) in [5, 5.41) is 0. The Morgan fingerprint density at radius 1 is 0.159 bits per heavy atom. The predicted octanol–water partition coefficient (Wildman–Crippen LogP) is 38.9. The minimum atomic E-state index is 0.0399. The van der Waals surface area contributed by atoms with E-state index in [0.717, 1.165) is 11.1 Å². The van der Waals surface area contributed by atoms with E-state index in [0.29, 0.717) is 75.8 Å². The van der Waals surface area contributed by atoms with E-state index in [1.54, 1.807) is 33.4 Å². The Hall–Kier alpha value is -5.94. The minimum Gasteiger partial charge on any atom is -0.0959 e. The summed E-state index contributed by atoms with van der Waals surface area (Å²) in [5.41, 5.74) is 38.0. The highest BCUT2D eigenvalue weighted by atomic mass is 14.9. The first-order chi connectivity index (χ1) is 57.9. The van der Waals surface area contributed by atoms with Crippen LogP contribution >= 0.6 is 0 Å². The second-order valence-corrected chi connectivity index (χ2v) is 55.8. The zero-order valence-electron chi connectivity index (χ0n) is 101. The van der Waals surface area contributed by atoms with Crippen LogP contribution in [0.2, 0.25) is 0 Å². The number of hydrogen-bond acceptors (Lipinski definition) is 0. The monoisotopic (exact) mass is 1800 g/mol. The van der Waals surface area contributed by atoms with Crippen LogP contribution < -0.4 is 0 Å². The fourth-order valence-electron chi connectivity index (χ4n) is 26.9. The maximum atomic E-state index is 3.44.